The van der Waals surface area contributed by atoms with Crippen molar-refractivity contribution in [2.45, 2.75) is 31.5 Å². The van der Waals surface area contributed by atoms with Gasteiger partial charge in [0.2, 0.25) is 0 Å². The van der Waals surface area contributed by atoms with Crippen molar-refractivity contribution in [3.8, 4) is 0 Å². The Morgan fingerprint density at radius 1 is 1.40 bits per heavy atom. The first-order valence-electron chi connectivity index (χ1n) is 3.48. The Balaban J connectivity index is 2.21. The molecule has 0 saturated heterocycles. The van der Waals surface area contributed by atoms with Gasteiger partial charge in [0.05, 0.1) is 6.10 Å². The highest BCUT2D eigenvalue weighted by atomic mass is 16.5. The van der Waals surface area contributed by atoms with E-state index in [0.29, 0.717) is 12.6 Å². The molecule has 2 atom stereocenters. The van der Waals surface area contributed by atoms with Crippen molar-refractivity contribution < 1.29 is 14.3 Å². The lowest BCUT2D eigenvalue weighted by Gasteiger charge is -2.07. The summed E-state index contributed by atoms with van der Waals surface area (Å²) in [5.74, 6) is 0. The van der Waals surface area contributed by atoms with Gasteiger partial charge >= 0.3 is 0 Å². The zero-order chi connectivity index (χ0) is 7.40. The molecule has 1 rings (SSSR count). The maximum Gasteiger partial charge on any atom is 0.293 e. The lowest BCUT2D eigenvalue weighted by atomic mass is 10.3. The quantitative estimate of drug-likeness (QED) is 0.548. The van der Waals surface area contributed by atoms with Gasteiger partial charge in [-0.25, -0.2) is 0 Å². The Hall–Kier alpha value is -0.570. The fourth-order valence-corrected chi connectivity index (χ4v) is 1.32. The SMILES string of the molecule is COC1CCC(OC=O)C1. The normalized spacial score (nSPS) is 32.1. The zero-order valence-corrected chi connectivity index (χ0v) is 6.08. The second-order valence-electron chi connectivity index (χ2n) is 2.53. The molecule has 1 aliphatic rings. The van der Waals surface area contributed by atoms with E-state index in [-0.39, 0.29) is 6.10 Å². The number of hydrogen-bond acceptors (Lipinski definition) is 3. The topological polar surface area (TPSA) is 35.5 Å². The summed E-state index contributed by atoms with van der Waals surface area (Å²) >= 11 is 0. The van der Waals surface area contributed by atoms with Crippen LogP contribution in [0.1, 0.15) is 19.3 Å². The number of hydrogen-bond donors (Lipinski definition) is 0. The minimum atomic E-state index is 0.0995. The van der Waals surface area contributed by atoms with Gasteiger partial charge in [-0.1, -0.05) is 0 Å². The lowest BCUT2D eigenvalue weighted by molar-refractivity contribution is -0.133. The average Bonchev–Trinajstić information content (AvgIpc) is 2.37. The second-order valence-corrected chi connectivity index (χ2v) is 2.53. The third-order valence-corrected chi connectivity index (χ3v) is 1.92. The highest BCUT2D eigenvalue weighted by molar-refractivity contribution is 5.37. The molecule has 0 radical (unpaired) electrons. The van der Waals surface area contributed by atoms with E-state index in [1.54, 1.807) is 7.11 Å². The standard InChI is InChI=1S/C7H12O3/c1-9-6-2-3-7(4-6)10-5-8/h5-7H,2-4H2,1H3. The summed E-state index contributed by atoms with van der Waals surface area (Å²) in [6.45, 7) is 0.517. The van der Waals surface area contributed by atoms with Gasteiger partial charge in [0.25, 0.3) is 6.47 Å². The van der Waals surface area contributed by atoms with Gasteiger partial charge in [-0.2, -0.15) is 0 Å². The Morgan fingerprint density at radius 2 is 2.10 bits per heavy atom. The van der Waals surface area contributed by atoms with Crippen molar-refractivity contribution >= 4 is 6.47 Å². The first kappa shape index (κ1) is 7.54. The van der Waals surface area contributed by atoms with Gasteiger partial charge < -0.3 is 9.47 Å². The van der Waals surface area contributed by atoms with Crippen LogP contribution in [0.5, 0.6) is 0 Å². The highest BCUT2D eigenvalue weighted by Gasteiger charge is 2.24. The van der Waals surface area contributed by atoms with Crippen LogP contribution in [0.3, 0.4) is 0 Å². The van der Waals surface area contributed by atoms with E-state index < -0.39 is 0 Å². The Bertz CT molecular complexity index is 113. The summed E-state index contributed by atoms with van der Waals surface area (Å²) in [4.78, 5) is 9.89. The minimum Gasteiger partial charge on any atom is -0.464 e. The van der Waals surface area contributed by atoms with E-state index in [4.69, 9.17) is 9.47 Å². The van der Waals surface area contributed by atoms with E-state index in [1.807, 2.05) is 0 Å². The number of rotatable bonds is 3. The van der Waals surface area contributed by atoms with Crippen LogP contribution >= 0.6 is 0 Å². The van der Waals surface area contributed by atoms with Gasteiger partial charge in [-0.05, 0) is 12.8 Å². The van der Waals surface area contributed by atoms with Crippen molar-refractivity contribution in [1.29, 1.82) is 0 Å². The smallest absolute Gasteiger partial charge is 0.293 e. The molecule has 0 aromatic rings. The Kier molecular flexibility index (Phi) is 2.68. The van der Waals surface area contributed by atoms with Crippen LogP contribution in [-0.2, 0) is 14.3 Å². The third-order valence-electron chi connectivity index (χ3n) is 1.92. The van der Waals surface area contributed by atoms with Crippen LogP contribution in [0.2, 0.25) is 0 Å². The van der Waals surface area contributed by atoms with Crippen LogP contribution in [-0.4, -0.2) is 25.8 Å². The number of carbonyl (C=O) groups is 1. The molecule has 1 aliphatic carbocycles. The summed E-state index contributed by atoms with van der Waals surface area (Å²) in [5, 5.41) is 0. The van der Waals surface area contributed by atoms with E-state index in [2.05, 4.69) is 0 Å². The van der Waals surface area contributed by atoms with Crippen LogP contribution in [0.25, 0.3) is 0 Å². The van der Waals surface area contributed by atoms with Crippen LogP contribution < -0.4 is 0 Å². The maximum atomic E-state index is 9.89. The monoisotopic (exact) mass is 144 g/mol. The van der Waals surface area contributed by atoms with Crippen LogP contribution in [0.15, 0.2) is 0 Å². The second kappa shape index (κ2) is 3.56. The fourth-order valence-electron chi connectivity index (χ4n) is 1.32. The molecule has 3 heteroatoms. The van der Waals surface area contributed by atoms with Crippen molar-refractivity contribution in [3.63, 3.8) is 0 Å². The van der Waals surface area contributed by atoms with Gasteiger partial charge in [-0.15, -0.1) is 0 Å². The van der Waals surface area contributed by atoms with E-state index in [0.717, 1.165) is 19.3 Å². The molecule has 0 aliphatic heterocycles. The highest BCUT2D eigenvalue weighted by Crippen LogP contribution is 2.23. The molecule has 0 N–H and O–H groups in total. The molecule has 1 fully saturated rings. The Labute approximate surface area is 60.3 Å². The van der Waals surface area contributed by atoms with Gasteiger partial charge in [0, 0.05) is 13.5 Å². The molecule has 0 amide bonds. The number of methoxy groups -OCH3 is 1. The first-order chi connectivity index (χ1) is 4.86. The summed E-state index contributed by atoms with van der Waals surface area (Å²) in [6, 6.07) is 0. The average molecular weight is 144 g/mol. The van der Waals surface area contributed by atoms with E-state index in [1.165, 1.54) is 0 Å². The van der Waals surface area contributed by atoms with Gasteiger partial charge in [-0.3, -0.25) is 4.79 Å². The summed E-state index contributed by atoms with van der Waals surface area (Å²) < 4.78 is 9.87. The summed E-state index contributed by atoms with van der Waals surface area (Å²) in [7, 11) is 1.69. The van der Waals surface area contributed by atoms with Gasteiger partial charge in [0.1, 0.15) is 6.10 Å². The van der Waals surface area contributed by atoms with E-state index in [9.17, 15) is 4.79 Å². The first-order valence-corrected chi connectivity index (χ1v) is 3.48. The molecule has 0 spiro atoms. The molecule has 0 bridgehead atoms. The van der Waals surface area contributed by atoms with Crippen molar-refractivity contribution in [3.05, 3.63) is 0 Å². The molecule has 0 heterocycles. The lowest BCUT2D eigenvalue weighted by Crippen LogP contribution is -2.10. The molecule has 0 aromatic carbocycles. The molecule has 3 nitrogen and oxygen atoms in total. The minimum absolute atomic E-state index is 0.0995. The molecule has 1 saturated carbocycles. The van der Waals surface area contributed by atoms with Gasteiger partial charge in [0.15, 0.2) is 0 Å². The van der Waals surface area contributed by atoms with Crippen LogP contribution in [0, 0.1) is 0 Å². The molecular weight excluding hydrogens is 132 g/mol. The zero-order valence-electron chi connectivity index (χ0n) is 6.08. The Morgan fingerprint density at radius 3 is 2.60 bits per heavy atom. The number of ether oxygens (including phenoxy) is 2. The van der Waals surface area contributed by atoms with Crippen molar-refractivity contribution in [2.75, 3.05) is 7.11 Å². The van der Waals surface area contributed by atoms with Crippen molar-refractivity contribution in [1.82, 2.24) is 0 Å². The molecule has 58 valence electrons. The molecular formula is C7H12O3. The predicted molar refractivity (Wildman–Crippen MR) is 35.6 cm³/mol. The third kappa shape index (κ3) is 1.70. The van der Waals surface area contributed by atoms with E-state index >= 15 is 0 Å². The molecule has 2 unspecified atom stereocenters. The van der Waals surface area contributed by atoms with Crippen LogP contribution in [0.4, 0.5) is 0 Å². The summed E-state index contributed by atoms with van der Waals surface area (Å²) in [5.41, 5.74) is 0. The fraction of sp³-hybridized carbons (Fsp3) is 0.857. The van der Waals surface area contributed by atoms with Crippen molar-refractivity contribution in [2.24, 2.45) is 0 Å². The predicted octanol–water partition coefficient (Wildman–Crippen LogP) is 0.727. The largest absolute Gasteiger partial charge is 0.464 e. The number of carbonyl (C=O) groups excluding carboxylic acids is 1. The summed E-state index contributed by atoms with van der Waals surface area (Å²) in [6.07, 6.45) is 3.20. The molecule has 10 heavy (non-hydrogen) atoms. The maximum absolute atomic E-state index is 9.89. The molecule has 0 aromatic heterocycles.